The number of benzene rings is 2. The van der Waals surface area contributed by atoms with Gasteiger partial charge in [0.2, 0.25) is 11.9 Å². The van der Waals surface area contributed by atoms with Crippen molar-refractivity contribution in [1.82, 2.24) is 14.9 Å². The lowest BCUT2D eigenvalue weighted by Gasteiger charge is -2.20. The molecular weight excluding hydrogens is 440 g/mol. The maximum Gasteiger partial charge on any atom is 0.253 e. The SMILES string of the molecule is Cc1cnc(Nc2ccc(C(=O)N(C)CCc3ccccc3)cc2)nc1N[C@@H]1CCC[C@@H]1C(N)=O. The number of carbonyl (C=O) groups is 2. The molecule has 1 fully saturated rings. The first-order valence-electron chi connectivity index (χ1n) is 12.0. The lowest BCUT2D eigenvalue weighted by atomic mass is 10.0. The van der Waals surface area contributed by atoms with Gasteiger partial charge >= 0.3 is 0 Å². The normalized spacial score (nSPS) is 17.1. The first-order chi connectivity index (χ1) is 16.9. The number of likely N-dealkylation sites (N-methyl/N-ethyl adjacent to an activating group) is 1. The van der Waals surface area contributed by atoms with Crippen LogP contribution in [0.4, 0.5) is 17.5 Å². The van der Waals surface area contributed by atoms with Gasteiger partial charge in [0, 0.05) is 42.6 Å². The molecule has 1 aliphatic rings. The molecule has 0 bridgehead atoms. The van der Waals surface area contributed by atoms with Gasteiger partial charge in [-0.2, -0.15) is 4.98 Å². The van der Waals surface area contributed by atoms with E-state index in [0.29, 0.717) is 23.9 Å². The summed E-state index contributed by atoms with van der Waals surface area (Å²) in [5.74, 6) is 0.645. The van der Waals surface area contributed by atoms with Crippen LogP contribution in [-0.2, 0) is 11.2 Å². The van der Waals surface area contributed by atoms with Crippen molar-refractivity contribution in [3.63, 3.8) is 0 Å². The van der Waals surface area contributed by atoms with Crippen molar-refractivity contribution in [2.75, 3.05) is 24.2 Å². The Morgan fingerprint density at radius 2 is 1.83 bits per heavy atom. The number of aryl methyl sites for hydroxylation is 1. The second-order valence-electron chi connectivity index (χ2n) is 9.08. The summed E-state index contributed by atoms with van der Waals surface area (Å²) in [5, 5.41) is 6.58. The van der Waals surface area contributed by atoms with Crippen molar-refractivity contribution in [3.05, 3.63) is 77.5 Å². The van der Waals surface area contributed by atoms with Crippen LogP contribution in [0.15, 0.2) is 60.8 Å². The molecule has 0 saturated heterocycles. The van der Waals surface area contributed by atoms with Crippen LogP contribution in [0.5, 0.6) is 0 Å². The molecule has 8 heteroatoms. The van der Waals surface area contributed by atoms with Gasteiger partial charge in [0.05, 0.1) is 5.92 Å². The van der Waals surface area contributed by atoms with E-state index in [1.165, 1.54) is 5.56 Å². The highest BCUT2D eigenvalue weighted by atomic mass is 16.2. The average molecular weight is 473 g/mol. The molecule has 1 heterocycles. The van der Waals surface area contributed by atoms with Gasteiger partial charge in [-0.05, 0) is 56.0 Å². The van der Waals surface area contributed by atoms with Crippen molar-refractivity contribution >= 4 is 29.3 Å². The molecule has 4 N–H and O–H groups in total. The number of primary amides is 1. The maximum absolute atomic E-state index is 12.8. The van der Waals surface area contributed by atoms with Crippen molar-refractivity contribution in [2.24, 2.45) is 11.7 Å². The van der Waals surface area contributed by atoms with E-state index in [2.05, 4.69) is 32.7 Å². The quantitative estimate of drug-likeness (QED) is 0.435. The number of aromatic nitrogens is 2. The summed E-state index contributed by atoms with van der Waals surface area (Å²) in [5.41, 5.74) is 9.05. The molecule has 2 amide bonds. The molecule has 0 unspecified atom stereocenters. The van der Waals surface area contributed by atoms with Gasteiger partial charge in [-0.15, -0.1) is 0 Å². The summed E-state index contributed by atoms with van der Waals surface area (Å²) in [6.07, 6.45) is 5.20. The summed E-state index contributed by atoms with van der Waals surface area (Å²) >= 11 is 0. The van der Waals surface area contributed by atoms with E-state index in [4.69, 9.17) is 5.73 Å². The minimum absolute atomic E-state index is 0.0156. The van der Waals surface area contributed by atoms with Crippen LogP contribution < -0.4 is 16.4 Å². The minimum atomic E-state index is -0.273. The Balaban J connectivity index is 1.37. The van der Waals surface area contributed by atoms with E-state index in [1.54, 1.807) is 23.2 Å². The van der Waals surface area contributed by atoms with Gasteiger partial charge in [0.25, 0.3) is 5.91 Å². The van der Waals surface area contributed by atoms with Crippen molar-refractivity contribution in [3.8, 4) is 0 Å². The number of hydrogen-bond donors (Lipinski definition) is 3. The molecule has 1 saturated carbocycles. The minimum Gasteiger partial charge on any atom is -0.369 e. The number of nitrogens with one attached hydrogen (secondary N) is 2. The number of carbonyl (C=O) groups excluding carboxylic acids is 2. The van der Waals surface area contributed by atoms with E-state index in [0.717, 1.165) is 36.9 Å². The molecule has 182 valence electrons. The molecule has 8 nitrogen and oxygen atoms in total. The molecule has 1 aliphatic carbocycles. The molecular formula is C27H32N6O2. The summed E-state index contributed by atoms with van der Waals surface area (Å²) in [6.45, 7) is 2.57. The molecule has 35 heavy (non-hydrogen) atoms. The van der Waals surface area contributed by atoms with Crippen molar-refractivity contribution < 1.29 is 9.59 Å². The summed E-state index contributed by atoms with van der Waals surface area (Å²) < 4.78 is 0. The standard InChI is InChI=1S/C27H32N6O2/c1-18-17-29-27(32-25(18)31-23-10-6-9-22(23)24(28)34)30-21-13-11-20(12-14-21)26(35)33(2)16-15-19-7-4-3-5-8-19/h3-5,7-8,11-14,17,22-23H,6,9-10,15-16H2,1-2H3,(H2,28,34)(H2,29,30,31,32)/t22-,23+/m0/s1. The first-order valence-corrected chi connectivity index (χ1v) is 12.0. The second-order valence-corrected chi connectivity index (χ2v) is 9.08. The molecule has 1 aromatic heterocycles. The maximum atomic E-state index is 12.8. The number of amides is 2. The molecule has 0 radical (unpaired) electrons. The lowest BCUT2D eigenvalue weighted by molar-refractivity contribution is -0.121. The van der Waals surface area contributed by atoms with Crippen LogP contribution in [0.3, 0.4) is 0 Å². The summed E-state index contributed by atoms with van der Waals surface area (Å²) in [4.78, 5) is 35.2. The molecule has 2 aromatic carbocycles. The van der Waals surface area contributed by atoms with E-state index < -0.39 is 0 Å². The lowest BCUT2D eigenvalue weighted by Crippen LogP contribution is -2.34. The monoisotopic (exact) mass is 472 g/mol. The number of hydrogen-bond acceptors (Lipinski definition) is 6. The van der Waals surface area contributed by atoms with Crippen LogP contribution in [0.1, 0.15) is 40.7 Å². The summed E-state index contributed by atoms with van der Waals surface area (Å²) in [6, 6.07) is 17.4. The molecule has 0 spiro atoms. The third kappa shape index (κ3) is 6.15. The zero-order chi connectivity index (χ0) is 24.8. The number of anilines is 3. The Morgan fingerprint density at radius 3 is 2.54 bits per heavy atom. The third-order valence-corrected chi connectivity index (χ3v) is 6.49. The van der Waals surface area contributed by atoms with Crippen LogP contribution in [0.25, 0.3) is 0 Å². The Hall–Kier alpha value is -3.94. The Morgan fingerprint density at radius 1 is 1.09 bits per heavy atom. The van der Waals surface area contributed by atoms with Crippen LogP contribution in [0.2, 0.25) is 0 Å². The molecule has 3 aromatic rings. The summed E-state index contributed by atoms with van der Waals surface area (Å²) in [7, 11) is 1.82. The van der Waals surface area contributed by atoms with E-state index >= 15 is 0 Å². The Labute approximate surface area is 206 Å². The van der Waals surface area contributed by atoms with E-state index in [9.17, 15) is 9.59 Å². The molecule has 2 atom stereocenters. The number of nitrogens with zero attached hydrogens (tertiary/aromatic N) is 3. The molecule has 0 aliphatic heterocycles. The number of rotatable bonds is 9. The zero-order valence-corrected chi connectivity index (χ0v) is 20.2. The first kappa shape index (κ1) is 24.2. The Bertz CT molecular complexity index is 1170. The highest BCUT2D eigenvalue weighted by Crippen LogP contribution is 2.29. The second kappa shape index (κ2) is 11.0. The highest BCUT2D eigenvalue weighted by Gasteiger charge is 2.32. The van der Waals surface area contributed by atoms with Gasteiger partial charge in [-0.3, -0.25) is 9.59 Å². The fraction of sp³-hybridized carbons (Fsp3) is 0.333. The predicted molar refractivity (Wildman–Crippen MR) is 138 cm³/mol. The smallest absolute Gasteiger partial charge is 0.253 e. The van der Waals surface area contributed by atoms with E-state index in [1.807, 2.05) is 44.3 Å². The highest BCUT2D eigenvalue weighted by molar-refractivity contribution is 5.94. The topological polar surface area (TPSA) is 113 Å². The average Bonchev–Trinajstić information content (AvgIpc) is 3.34. The van der Waals surface area contributed by atoms with Gasteiger partial charge in [0.1, 0.15) is 5.82 Å². The van der Waals surface area contributed by atoms with Gasteiger partial charge < -0.3 is 21.3 Å². The largest absolute Gasteiger partial charge is 0.369 e. The molecule has 4 rings (SSSR count). The van der Waals surface area contributed by atoms with Crippen LogP contribution in [0, 0.1) is 12.8 Å². The fourth-order valence-electron chi connectivity index (χ4n) is 4.39. The van der Waals surface area contributed by atoms with Gasteiger partial charge in [0.15, 0.2) is 0 Å². The predicted octanol–water partition coefficient (Wildman–Crippen LogP) is 3.91. The Kier molecular flexibility index (Phi) is 7.60. The van der Waals surface area contributed by atoms with Crippen LogP contribution in [-0.4, -0.2) is 46.3 Å². The third-order valence-electron chi connectivity index (χ3n) is 6.49. The van der Waals surface area contributed by atoms with Gasteiger partial charge in [-0.1, -0.05) is 36.8 Å². The van der Waals surface area contributed by atoms with Crippen molar-refractivity contribution in [2.45, 2.75) is 38.6 Å². The van der Waals surface area contributed by atoms with Crippen LogP contribution >= 0.6 is 0 Å². The van der Waals surface area contributed by atoms with E-state index in [-0.39, 0.29) is 23.8 Å². The number of nitrogens with two attached hydrogens (primary N) is 1. The van der Waals surface area contributed by atoms with Crippen molar-refractivity contribution in [1.29, 1.82) is 0 Å². The fourth-order valence-corrected chi connectivity index (χ4v) is 4.39. The zero-order valence-electron chi connectivity index (χ0n) is 20.2. The van der Waals surface area contributed by atoms with Gasteiger partial charge in [-0.25, -0.2) is 4.98 Å².